The van der Waals surface area contributed by atoms with E-state index in [2.05, 4.69) is 10.1 Å². The van der Waals surface area contributed by atoms with Gasteiger partial charge in [-0.25, -0.2) is 4.98 Å². The normalized spacial score (nSPS) is 11.5. The summed E-state index contributed by atoms with van der Waals surface area (Å²) in [5.41, 5.74) is 2.06. The van der Waals surface area contributed by atoms with E-state index in [0.717, 1.165) is 11.2 Å². The van der Waals surface area contributed by atoms with Gasteiger partial charge >= 0.3 is 0 Å². The van der Waals surface area contributed by atoms with Crippen LogP contribution >= 0.6 is 0 Å². The Morgan fingerprint density at radius 1 is 1.54 bits per heavy atom. The molecule has 66 valence electrons. The number of fused-ring (bicyclic) bond motifs is 1. The second-order valence-electron chi connectivity index (χ2n) is 2.79. The average molecular weight is 175 g/mol. The van der Waals surface area contributed by atoms with Gasteiger partial charge in [0, 0.05) is 5.69 Å². The SMILES string of the molecule is Cc1cccc2cnc(/C=N\O)n12. The molecule has 0 fully saturated rings. The van der Waals surface area contributed by atoms with Gasteiger partial charge in [-0.1, -0.05) is 11.2 Å². The summed E-state index contributed by atoms with van der Waals surface area (Å²) in [4.78, 5) is 4.10. The van der Waals surface area contributed by atoms with Crippen LogP contribution in [0.3, 0.4) is 0 Å². The van der Waals surface area contributed by atoms with Crippen LogP contribution < -0.4 is 0 Å². The molecule has 0 atom stereocenters. The van der Waals surface area contributed by atoms with E-state index in [4.69, 9.17) is 5.21 Å². The lowest BCUT2D eigenvalue weighted by Crippen LogP contribution is -1.96. The zero-order valence-corrected chi connectivity index (χ0v) is 7.18. The van der Waals surface area contributed by atoms with Gasteiger partial charge in [0.2, 0.25) is 0 Å². The second kappa shape index (κ2) is 2.90. The molecule has 0 amide bonds. The fourth-order valence-electron chi connectivity index (χ4n) is 1.39. The first-order chi connectivity index (χ1) is 6.33. The summed E-state index contributed by atoms with van der Waals surface area (Å²) in [5.74, 6) is 0.635. The summed E-state index contributed by atoms with van der Waals surface area (Å²) < 4.78 is 1.92. The number of hydrogen-bond donors (Lipinski definition) is 1. The molecule has 0 aliphatic heterocycles. The molecule has 0 aromatic carbocycles. The maximum atomic E-state index is 8.40. The number of nitrogens with zero attached hydrogens (tertiary/aromatic N) is 3. The van der Waals surface area contributed by atoms with E-state index in [1.807, 2.05) is 29.5 Å². The molecule has 13 heavy (non-hydrogen) atoms. The maximum Gasteiger partial charge on any atom is 0.159 e. The first-order valence-electron chi connectivity index (χ1n) is 3.93. The highest BCUT2D eigenvalue weighted by molar-refractivity contribution is 5.76. The van der Waals surface area contributed by atoms with Gasteiger partial charge in [-0.15, -0.1) is 0 Å². The fraction of sp³-hybridized carbons (Fsp3) is 0.111. The van der Waals surface area contributed by atoms with Crippen LogP contribution in [0.25, 0.3) is 5.52 Å². The van der Waals surface area contributed by atoms with Crippen LogP contribution in [0, 0.1) is 6.92 Å². The number of oxime groups is 1. The third-order valence-corrected chi connectivity index (χ3v) is 1.95. The van der Waals surface area contributed by atoms with Gasteiger partial charge < -0.3 is 5.21 Å². The lowest BCUT2D eigenvalue weighted by molar-refractivity contribution is 0.321. The van der Waals surface area contributed by atoms with Crippen molar-refractivity contribution in [2.75, 3.05) is 0 Å². The first-order valence-corrected chi connectivity index (χ1v) is 3.93. The molecule has 2 aromatic rings. The molecule has 2 heterocycles. The number of aryl methyl sites for hydroxylation is 1. The number of aromatic nitrogens is 2. The van der Waals surface area contributed by atoms with Crippen LogP contribution in [0.1, 0.15) is 11.5 Å². The maximum absolute atomic E-state index is 8.40. The Morgan fingerprint density at radius 3 is 3.15 bits per heavy atom. The molecule has 0 unspecified atom stereocenters. The van der Waals surface area contributed by atoms with Crippen molar-refractivity contribution in [2.24, 2.45) is 5.16 Å². The summed E-state index contributed by atoms with van der Waals surface area (Å²) in [6.45, 7) is 1.98. The molecule has 0 radical (unpaired) electrons. The molecule has 0 aliphatic carbocycles. The Bertz CT molecular complexity index is 459. The Balaban J connectivity index is 2.78. The van der Waals surface area contributed by atoms with Gasteiger partial charge in [0.15, 0.2) is 5.82 Å². The minimum absolute atomic E-state index is 0.635. The highest BCUT2D eigenvalue weighted by atomic mass is 16.4. The number of pyridine rings is 1. The average Bonchev–Trinajstić information content (AvgIpc) is 2.51. The Kier molecular flexibility index (Phi) is 1.73. The van der Waals surface area contributed by atoms with E-state index in [1.54, 1.807) is 6.20 Å². The number of rotatable bonds is 1. The molecule has 0 saturated carbocycles. The Labute approximate surface area is 75.1 Å². The summed E-state index contributed by atoms with van der Waals surface area (Å²) in [5, 5.41) is 11.4. The molecule has 4 nitrogen and oxygen atoms in total. The molecular weight excluding hydrogens is 166 g/mol. The van der Waals surface area contributed by atoms with E-state index in [9.17, 15) is 0 Å². The number of hydrogen-bond acceptors (Lipinski definition) is 3. The van der Waals surface area contributed by atoms with Crippen molar-refractivity contribution in [2.45, 2.75) is 6.92 Å². The third kappa shape index (κ3) is 1.16. The second-order valence-corrected chi connectivity index (χ2v) is 2.79. The van der Waals surface area contributed by atoms with Crippen molar-refractivity contribution in [3.8, 4) is 0 Å². The van der Waals surface area contributed by atoms with Crippen molar-refractivity contribution in [3.63, 3.8) is 0 Å². The van der Waals surface area contributed by atoms with Crippen LogP contribution in [-0.2, 0) is 0 Å². The summed E-state index contributed by atoms with van der Waals surface area (Å²) in [6.07, 6.45) is 3.06. The predicted octanol–water partition coefficient (Wildman–Crippen LogP) is 1.45. The highest BCUT2D eigenvalue weighted by Crippen LogP contribution is 2.08. The molecular formula is C9H9N3O. The van der Waals surface area contributed by atoms with E-state index in [-0.39, 0.29) is 0 Å². The minimum Gasteiger partial charge on any atom is -0.411 e. The summed E-state index contributed by atoms with van der Waals surface area (Å²) >= 11 is 0. The topological polar surface area (TPSA) is 49.9 Å². The predicted molar refractivity (Wildman–Crippen MR) is 49.3 cm³/mol. The van der Waals surface area contributed by atoms with Gasteiger partial charge in [-0.2, -0.15) is 0 Å². The van der Waals surface area contributed by atoms with Crippen LogP contribution in [0.4, 0.5) is 0 Å². The summed E-state index contributed by atoms with van der Waals surface area (Å²) in [7, 11) is 0. The Hall–Kier alpha value is -1.84. The monoisotopic (exact) mass is 175 g/mol. The van der Waals surface area contributed by atoms with E-state index < -0.39 is 0 Å². The Morgan fingerprint density at radius 2 is 2.38 bits per heavy atom. The lowest BCUT2D eigenvalue weighted by Gasteiger charge is -1.99. The van der Waals surface area contributed by atoms with Gasteiger partial charge in [-0.05, 0) is 19.1 Å². The van der Waals surface area contributed by atoms with Gasteiger partial charge in [0.1, 0.15) is 6.21 Å². The van der Waals surface area contributed by atoms with Crippen LogP contribution in [0.2, 0.25) is 0 Å². The van der Waals surface area contributed by atoms with E-state index in [0.29, 0.717) is 5.82 Å². The van der Waals surface area contributed by atoms with E-state index in [1.165, 1.54) is 6.21 Å². The van der Waals surface area contributed by atoms with Crippen molar-refractivity contribution in [1.82, 2.24) is 9.38 Å². The van der Waals surface area contributed by atoms with Crippen LogP contribution in [0.15, 0.2) is 29.6 Å². The molecule has 0 bridgehead atoms. The summed E-state index contributed by atoms with van der Waals surface area (Å²) in [6, 6.07) is 5.89. The molecule has 0 aliphatic rings. The highest BCUT2D eigenvalue weighted by Gasteiger charge is 2.01. The third-order valence-electron chi connectivity index (χ3n) is 1.95. The zero-order chi connectivity index (χ0) is 9.26. The minimum atomic E-state index is 0.635. The standard InChI is InChI=1S/C9H9N3O/c1-7-3-2-4-8-5-10-9(6-11-13)12(7)8/h2-6,13H,1H3/b11-6-. The van der Waals surface area contributed by atoms with Crippen LogP contribution in [-0.4, -0.2) is 20.8 Å². The van der Waals surface area contributed by atoms with Gasteiger partial charge in [0.05, 0.1) is 11.7 Å². The van der Waals surface area contributed by atoms with Crippen LogP contribution in [0.5, 0.6) is 0 Å². The van der Waals surface area contributed by atoms with Crippen molar-refractivity contribution in [3.05, 3.63) is 35.9 Å². The first kappa shape index (κ1) is 7.79. The van der Waals surface area contributed by atoms with E-state index >= 15 is 0 Å². The van der Waals surface area contributed by atoms with Gasteiger partial charge in [0.25, 0.3) is 0 Å². The molecule has 2 rings (SSSR count). The van der Waals surface area contributed by atoms with Crippen molar-refractivity contribution >= 4 is 11.7 Å². The molecule has 2 aromatic heterocycles. The van der Waals surface area contributed by atoms with Gasteiger partial charge in [-0.3, -0.25) is 4.40 Å². The molecule has 1 N–H and O–H groups in total. The molecule has 0 spiro atoms. The lowest BCUT2D eigenvalue weighted by atomic mass is 10.3. The molecule has 4 heteroatoms. The van der Waals surface area contributed by atoms with Crippen molar-refractivity contribution < 1.29 is 5.21 Å². The smallest absolute Gasteiger partial charge is 0.159 e. The quantitative estimate of drug-likeness (QED) is 0.405. The van der Waals surface area contributed by atoms with Crippen molar-refractivity contribution in [1.29, 1.82) is 0 Å². The fourth-order valence-corrected chi connectivity index (χ4v) is 1.39. The number of imidazole rings is 1. The largest absolute Gasteiger partial charge is 0.411 e. The molecule has 0 saturated heterocycles. The zero-order valence-electron chi connectivity index (χ0n) is 7.18.